The van der Waals surface area contributed by atoms with Crippen molar-refractivity contribution in [3.05, 3.63) is 61.0 Å². The Bertz CT molecular complexity index is 842. The Labute approximate surface area is 146 Å². The zero-order chi connectivity index (χ0) is 17.6. The van der Waals surface area contributed by atoms with Gasteiger partial charge in [0.1, 0.15) is 17.3 Å². The third-order valence-electron chi connectivity index (χ3n) is 3.60. The lowest BCUT2D eigenvalue weighted by Crippen LogP contribution is -2.06. The second-order valence-electron chi connectivity index (χ2n) is 5.45. The summed E-state index contributed by atoms with van der Waals surface area (Å²) in [5, 5.41) is 8.66. The van der Waals surface area contributed by atoms with E-state index in [0.29, 0.717) is 36.7 Å². The van der Waals surface area contributed by atoms with Gasteiger partial charge in [0.15, 0.2) is 5.82 Å². The number of rotatable bonds is 7. The van der Waals surface area contributed by atoms with Gasteiger partial charge in [-0.3, -0.25) is 9.55 Å². The molecule has 0 saturated carbocycles. The number of hydrogen-bond donors (Lipinski definition) is 1. The van der Waals surface area contributed by atoms with Crippen LogP contribution >= 0.6 is 0 Å². The van der Waals surface area contributed by atoms with E-state index < -0.39 is 0 Å². The second kappa shape index (κ2) is 7.57. The molecule has 0 aliphatic rings. The van der Waals surface area contributed by atoms with Crippen molar-refractivity contribution in [1.29, 1.82) is 0 Å². The molecule has 0 atom stereocenters. The van der Waals surface area contributed by atoms with Gasteiger partial charge in [0.2, 0.25) is 0 Å². The van der Waals surface area contributed by atoms with Gasteiger partial charge in [0, 0.05) is 24.5 Å². The van der Waals surface area contributed by atoms with Gasteiger partial charge >= 0.3 is 0 Å². The van der Waals surface area contributed by atoms with E-state index in [1.165, 1.54) is 0 Å². The standard InChI is InChI=1S/C18H20N6O/c1-3-25-15-5-6-16(21-12-15)18-23-22-17(7-4-13(2)19)24(18)14-8-10-20-11-9-14/h5-6,8-12H,2-4,7,19H2,1H3. The zero-order valence-electron chi connectivity index (χ0n) is 14.1. The Hall–Kier alpha value is -3.22. The summed E-state index contributed by atoms with van der Waals surface area (Å²) in [5.74, 6) is 2.18. The van der Waals surface area contributed by atoms with Crippen molar-refractivity contribution < 1.29 is 4.74 Å². The first-order valence-electron chi connectivity index (χ1n) is 8.06. The Morgan fingerprint density at radius 1 is 1.20 bits per heavy atom. The number of ether oxygens (including phenoxy) is 1. The van der Waals surface area contributed by atoms with Crippen LogP contribution in [-0.2, 0) is 6.42 Å². The van der Waals surface area contributed by atoms with Gasteiger partial charge in [-0.2, -0.15) is 0 Å². The molecule has 0 unspecified atom stereocenters. The maximum atomic E-state index is 5.70. The highest BCUT2D eigenvalue weighted by Crippen LogP contribution is 2.23. The predicted molar refractivity (Wildman–Crippen MR) is 95.2 cm³/mol. The van der Waals surface area contributed by atoms with Gasteiger partial charge in [-0.05, 0) is 37.6 Å². The normalized spacial score (nSPS) is 10.6. The fourth-order valence-electron chi connectivity index (χ4n) is 2.45. The number of aryl methyl sites for hydroxylation is 1. The molecule has 3 rings (SSSR count). The number of hydrogen-bond acceptors (Lipinski definition) is 6. The fourth-order valence-corrected chi connectivity index (χ4v) is 2.45. The Kier molecular flexibility index (Phi) is 5.03. The van der Waals surface area contributed by atoms with Crippen LogP contribution < -0.4 is 10.5 Å². The van der Waals surface area contributed by atoms with Crippen LogP contribution in [0.5, 0.6) is 5.75 Å². The molecule has 7 heteroatoms. The van der Waals surface area contributed by atoms with Crippen LogP contribution in [0.1, 0.15) is 19.2 Å². The SMILES string of the molecule is C=C(N)CCc1nnc(-c2ccc(OCC)cn2)n1-c1ccncc1. The van der Waals surface area contributed by atoms with E-state index in [2.05, 4.69) is 26.7 Å². The zero-order valence-corrected chi connectivity index (χ0v) is 14.1. The van der Waals surface area contributed by atoms with Gasteiger partial charge < -0.3 is 10.5 Å². The molecule has 0 bridgehead atoms. The quantitative estimate of drug-likeness (QED) is 0.713. The van der Waals surface area contributed by atoms with E-state index >= 15 is 0 Å². The Morgan fingerprint density at radius 3 is 2.64 bits per heavy atom. The highest BCUT2D eigenvalue weighted by Gasteiger charge is 2.16. The largest absolute Gasteiger partial charge is 0.492 e. The lowest BCUT2D eigenvalue weighted by molar-refractivity contribution is 0.339. The maximum absolute atomic E-state index is 5.70. The van der Waals surface area contributed by atoms with Gasteiger partial charge in [0.25, 0.3) is 0 Å². The van der Waals surface area contributed by atoms with Crippen molar-refractivity contribution in [3.63, 3.8) is 0 Å². The smallest absolute Gasteiger partial charge is 0.187 e. The number of nitrogens with zero attached hydrogens (tertiary/aromatic N) is 5. The van der Waals surface area contributed by atoms with E-state index in [-0.39, 0.29) is 0 Å². The van der Waals surface area contributed by atoms with Crippen molar-refractivity contribution in [2.24, 2.45) is 5.73 Å². The minimum Gasteiger partial charge on any atom is -0.492 e. The van der Waals surface area contributed by atoms with E-state index in [1.54, 1.807) is 18.6 Å². The summed E-state index contributed by atoms with van der Waals surface area (Å²) in [6.07, 6.45) is 6.43. The molecule has 25 heavy (non-hydrogen) atoms. The van der Waals surface area contributed by atoms with Crippen LogP contribution in [0.25, 0.3) is 17.2 Å². The molecule has 3 heterocycles. The van der Waals surface area contributed by atoms with Crippen LogP contribution in [0.4, 0.5) is 0 Å². The third kappa shape index (κ3) is 3.82. The number of aromatic nitrogens is 5. The van der Waals surface area contributed by atoms with Gasteiger partial charge in [-0.15, -0.1) is 10.2 Å². The molecule has 0 radical (unpaired) electrons. The molecule has 3 aromatic heterocycles. The summed E-state index contributed by atoms with van der Waals surface area (Å²) in [7, 11) is 0. The van der Waals surface area contributed by atoms with E-state index in [4.69, 9.17) is 10.5 Å². The summed E-state index contributed by atoms with van der Waals surface area (Å²) >= 11 is 0. The van der Waals surface area contributed by atoms with E-state index in [1.807, 2.05) is 35.8 Å². The van der Waals surface area contributed by atoms with Crippen LogP contribution in [0.3, 0.4) is 0 Å². The maximum Gasteiger partial charge on any atom is 0.187 e. The summed E-state index contributed by atoms with van der Waals surface area (Å²) in [6, 6.07) is 7.56. The highest BCUT2D eigenvalue weighted by atomic mass is 16.5. The summed E-state index contributed by atoms with van der Waals surface area (Å²) in [4.78, 5) is 8.53. The van der Waals surface area contributed by atoms with Crippen LogP contribution in [-0.4, -0.2) is 31.3 Å². The molecule has 0 spiro atoms. The molecule has 0 fully saturated rings. The molecule has 7 nitrogen and oxygen atoms in total. The first-order chi connectivity index (χ1) is 12.2. The third-order valence-corrected chi connectivity index (χ3v) is 3.60. The predicted octanol–water partition coefficient (Wildman–Crippen LogP) is 2.53. The Balaban J connectivity index is 2.02. The fraction of sp³-hybridized carbons (Fsp3) is 0.222. The molecule has 0 amide bonds. The number of pyridine rings is 2. The average Bonchev–Trinajstić information content (AvgIpc) is 3.05. The van der Waals surface area contributed by atoms with Gasteiger partial charge in [0.05, 0.1) is 18.5 Å². The monoisotopic (exact) mass is 336 g/mol. The number of nitrogens with two attached hydrogens (primary N) is 1. The van der Waals surface area contributed by atoms with Crippen molar-refractivity contribution in [3.8, 4) is 23.0 Å². The molecular weight excluding hydrogens is 316 g/mol. The topological polar surface area (TPSA) is 91.7 Å². The summed E-state index contributed by atoms with van der Waals surface area (Å²) in [5.41, 5.74) is 7.95. The first kappa shape index (κ1) is 16.6. The van der Waals surface area contributed by atoms with E-state index in [9.17, 15) is 0 Å². The van der Waals surface area contributed by atoms with E-state index in [0.717, 1.165) is 17.3 Å². The molecule has 128 valence electrons. The van der Waals surface area contributed by atoms with Crippen LogP contribution in [0.2, 0.25) is 0 Å². The molecular formula is C18H20N6O. The number of allylic oxidation sites excluding steroid dienone is 1. The first-order valence-corrected chi connectivity index (χ1v) is 8.06. The molecule has 3 aromatic rings. The second-order valence-corrected chi connectivity index (χ2v) is 5.45. The van der Waals surface area contributed by atoms with Crippen molar-refractivity contribution in [2.75, 3.05) is 6.61 Å². The molecule has 2 N–H and O–H groups in total. The van der Waals surface area contributed by atoms with Gasteiger partial charge in [-0.1, -0.05) is 6.58 Å². The minimum atomic E-state index is 0.599. The summed E-state index contributed by atoms with van der Waals surface area (Å²) < 4.78 is 7.41. The van der Waals surface area contributed by atoms with Crippen LogP contribution in [0.15, 0.2) is 55.1 Å². The van der Waals surface area contributed by atoms with Crippen molar-refractivity contribution in [2.45, 2.75) is 19.8 Å². The molecule has 0 aromatic carbocycles. The van der Waals surface area contributed by atoms with Gasteiger partial charge in [-0.25, -0.2) is 4.98 Å². The van der Waals surface area contributed by atoms with Crippen molar-refractivity contribution >= 4 is 0 Å². The Morgan fingerprint density at radius 2 is 2.00 bits per heavy atom. The van der Waals surface area contributed by atoms with Crippen LogP contribution in [0, 0.1) is 0 Å². The lowest BCUT2D eigenvalue weighted by Gasteiger charge is -2.10. The lowest BCUT2D eigenvalue weighted by atomic mass is 10.2. The average molecular weight is 336 g/mol. The minimum absolute atomic E-state index is 0.599. The molecule has 0 saturated heterocycles. The molecule has 0 aliphatic carbocycles. The van der Waals surface area contributed by atoms with Crippen molar-refractivity contribution in [1.82, 2.24) is 24.7 Å². The summed E-state index contributed by atoms with van der Waals surface area (Å²) in [6.45, 7) is 6.28. The highest BCUT2D eigenvalue weighted by molar-refractivity contribution is 5.54. The molecule has 0 aliphatic heterocycles.